The predicted octanol–water partition coefficient (Wildman–Crippen LogP) is 2.47. The van der Waals surface area contributed by atoms with Crippen molar-refractivity contribution in [2.75, 3.05) is 0 Å². The molecule has 0 saturated carbocycles. The van der Waals surface area contributed by atoms with E-state index >= 15 is 0 Å². The minimum Gasteiger partial charge on any atom is -0.0694 e. The van der Waals surface area contributed by atoms with E-state index in [0.717, 1.165) is 17.6 Å². The van der Waals surface area contributed by atoms with Crippen molar-refractivity contribution >= 4 is 7.28 Å². The molecule has 1 heterocycles. The van der Waals surface area contributed by atoms with Gasteiger partial charge in [-0.05, 0) is 5.92 Å². The van der Waals surface area contributed by atoms with Gasteiger partial charge >= 0.3 is 0 Å². The number of rotatable bonds is 2. The van der Waals surface area contributed by atoms with Crippen LogP contribution in [-0.4, -0.2) is 7.28 Å². The minimum atomic E-state index is 0.919. The average molecular weight is 124 g/mol. The quantitative estimate of drug-likeness (QED) is 0.496. The van der Waals surface area contributed by atoms with Crippen LogP contribution in [0.3, 0.4) is 0 Å². The Hall–Kier alpha value is 0.0649. The van der Waals surface area contributed by atoms with Crippen LogP contribution in [0.4, 0.5) is 0 Å². The van der Waals surface area contributed by atoms with E-state index in [1.807, 2.05) is 0 Å². The van der Waals surface area contributed by atoms with Gasteiger partial charge in [0.2, 0.25) is 0 Å². The maximum Gasteiger partial charge on any atom is 0.127 e. The van der Waals surface area contributed by atoms with Gasteiger partial charge in [0.1, 0.15) is 7.28 Å². The molecule has 2 unspecified atom stereocenters. The minimum absolute atomic E-state index is 0.919. The van der Waals surface area contributed by atoms with Gasteiger partial charge in [-0.15, -0.1) is 0 Å². The van der Waals surface area contributed by atoms with Crippen molar-refractivity contribution in [2.24, 2.45) is 5.92 Å². The Bertz CT molecular complexity index is 82.6. The lowest BCUT2D eigenvalue weighted by molar-refractivity contribution is 0.493. The normalized spacial score (nSPS) is 33.8. The molecular weight excluding hydrogens is 107 g/mol. The summed E-state index contributed by atoms with van der Waals surface area (Å²) in [6.07, 6.45) is 2.96. The van der Waals surface area contributed by atoms with Gasteiger partial charge in [0.25, 0.3) is 0 Å². The molecule has 0 aromatic heterocycles. The van der Waals surface area contributed by atoms with Crippen LogP contribution in [0.2, 0.25) is 11.6 Å². The number of hydrogen-bond donors (Lipinski definition) is 0. The van der Waals surface area contributed by atoms with Crippen molar-refractivity contribution in [1.29, 1.82) is 0 Å². The third kappa shape index (κ3) is 2.04. The molecule has 0 N–H and O–H groups in total. The highest BCUT2D eigenvalue weighted by Gasteiger charge is 2.26. The standard InChI is InChI=1S/C8H17B/c1-6(2)4-8-5-7(3)9-8/h6-9H,4-5H2,1-3H3. The first kappa shape index (κ1) is 7.18. The summed E-state index contributed by atoms with van der Waals surface area (Å²) in [5.74, 6) is 3.04. The Morgan fingerprint density at radius 1 is 1.56 bits per heavy atom. The van der Waals surface area contributed by atoms with Gasteiger partial charge in [-0.25, -0.2) is 0 Å². The summed E-state index contributed by atoms with van der Waals surface area (Å²) in [6, 6.07) is 0. The molecule has 0 bridgehead atoms. The van der Waals surface area contributed by atoms with Crippen LogP contribution in [0.15, 0.2) is 0 Å². The zero-order valence-corrected chi connectivity index (χ0v) is 6.85. The van der Waals surface area contributed by atoms with Gasteiger partial charge in [-0.1, -0.05) is 45.2 Å². The van der Waals surface area contributed by atoms with Crippen LogP contribution in [0.25, 0.3) is 0 Å². The number of hydrogen-bond acceptors (Lipinski definition) is 0. The Kier molecular flexibility index (Phi) is 2.20. The topological polar surface area (TPSA) is 0 Å². The summed E-state index contributed by atoms with van der Waals surface area (Å²) in [4.78, 5) is 0. The molecule has 2 atom stereocenters. The highest BCUT2D eigenvalue weighted by atomic mass is 14.2. The summed E-state index contributed by atoms with van der Waals surface area (Å²) in [6.45, 7) is 7.00. The molecule has 1 rings (SSSR count). The first-order valence-corrected chi connectivity index (χ1v) is 4.18. The van der Waals surface area contributed by atoms with Crippen LogP contribution in [-0.2, 0) is 0 Å². The lowest BCUT2D eigenvalue weighted by Gasteiger charge is -2.32. The summed E-state index contributed by atoms with van der Waals surface area (Å²) >= 11 is 0. The van der Waals surface area contributed by atoms with E-state index in [4.69, 9.17) is 0 Å². The molecule has 0 nitrogen and oxygen atoms in total. The van der Waals surface area contributed by atoms with Crippen molar-refractivity contribution < 1.29 is 0 Å². The van der Waals surface area contributed by atoms with Gasteiger partial charge in [-0.3, -0.25) is 0 Å². The molecule has 0 aromatic rings. The smallest absolute Gasteiger partial charge is 0.0694 e. The third-order valence-electron chi connectivity index (χ3n) is 2.28. The molecule has 52 valence electrons. The van der Waals surface area contributed by atoms with E-state index < -0.39 is 0 Å². The van der Waals surface area contributed by atoms with Crippen molar-refractivity contribution in [1.82, 2.24) is 0 Å². The van der Waals surface area contributed by atoms with Crippen LogP contribution < -0.4 is 0 Å². The zero-order chi connectivity index (χ0) is 6.85. The highest BCUT2D eigenvalue weighted by Crippen LogP contribution is 2.39. The molecule has 1 aliphatic rings. The molecule has 1 fully saturated rings. The van der Waals surface area contributed by atoms with Crippen molar-refractivity contribution in [3.8, 4) is 0 Å². The summed E-state index contributed by atoms with van der Waals surface area (Å²) in [5, 5.41) is 0. The predicted molar refractivity (Wildman–Crippen MR) is 44.4 cm³/mol. The molecule has 0 radical (unpaired) electrons. The molecule has 1 aliphatic heterocycles. The fraction of sp³-hybridized carbons (Fsp3) is 1.00. The first-order valence-electron chi connectivity index (χ1n) is 4.18. The second kappa shape index (κ2) is 2.77. The maximum absolute atomic E-state index is 2.36. The van der Waals surface area contributed by atoms with E-state index in [0.29, 0.717) is 0 Å². The van der Waals surface area contributed by atoms with E-state index in [1.54, 1.807) is 0 Å². The maximum atomic E-state index is 2.36. The average Bonchev–Trinajstić information content (AvgIpc) is 1.60. The van der Waals surface area contributed by atoms with Gasteiger partial charge in [0.05, 0.1) is 0 Å². The Balaban J connectivity index is 2.04. The SMILES string of the molecule is CC(C)CC1BC(C)C1. The second-order valence-electron chi connectivity index (χ2n) is 4.07. The lowest BCUT2D eigenvalue weighted by Crippen LogP contribution is -2.23. The summed E-state index contributed by atoms with van der Waals surface area (Å²) in [5.41, 5.74) is 0. The van der Waals surface area contributed by atoms with Crippen LogP contribution >= 0.6 is 0 Å². The summed E-state index contributed by atoms with van der Waals surface area (Å²) in [7, 11) is 1.50. The van der Waals surface area contributed by atoms with Crippen LogP contribution in [0.5, 0.6) is 0 Å². The van der Waals surface area contributed by atoms with E-state index in [9.17, 15) is 0 Å². The fourth-order valence-corrected chi connectivity index (χ4v) is 1.93. The molecular formula is C8H17B. The van der Waals surface area contributed by atoms with Crippen molar-refractivity contribution in [2.45, 2.75) is 45.2 Å². The Morgan fingerprint density at radius 2 is 2.11 bits per heavy atom. The molecule has 0 amide bonds. The molecule has 0 aromatic carbocycles. The van der Waals surface area contributed by atoms with Gasteiger partial charge in [0, 0.05) is 0 Å². The van der Waals surface area contributed by atoms with E-state index in [1.165, 1.54) is 20.1 Å². The molecule has 0 aliphatic carbocycles. The van der Waals surface area contributed by atoms with Gasteiger partial charge < -0.3 is 0 Å². The summed E-state index contributed by atoms with van der Waals surface area (Å²) < 4.78 is 0. The van der Waals surface area contributed by atoms with Crippen LogP contribution in [0, 0.1) is 5.92 Å². The molecule has 1 heteroatoms. The highest BCUT2D eigenvalue weighted by molar-refractivity contribution is 6.43. The first-order chi connectivity index (χ1) is 4.18. The zero-order valence-electron chi connectivity index (χ0n) is 6.85. The Labute approximate surface area is 59.3 Å². The van der Waals surface area contributed by atoms with Crippen molar-refractivity contribution in [3.63, 3.8) is 0 Å². The monoisotopic (exact) mass is 124 g/mol. The molecule has 0 spiro atoms. The molecule has 9 heavy (non-hydrogen) atoms. The largest absolute Gasteiger partial charge is 0.127 e. The Morgan fingerprint density at radius 3 is 2.44 bits per heavy atom. The third-order valence-corrected chi connectivity index (χ3v) is 2.28. The van der Waals surface area contributed by atoms with E-state index in [2.05, 4.69) is 20.8 Å². The van der Waals surface area contributed by atoms with Gasteiger partial charge in [-0.2, -0.15) is 0 Å². The van der Waals surface area contributed by atoms with Crippen molar-refractivity contribution in [3.05, 3.63) is 0 Å². The van der Waals surface area contributed by atoms with Gasteiger partial charge in [0.15, 0.2) is 0 Å². The van der Waals surface area contributed by atoms with E-state index in [-0.39, 0.29) is 0 Å². The lowest BCUT2D eigenvalue weighted by atomic mass is 9.40. The van der Waals surface area contributed by atoms with Crippen LogP contribution in [0.1, 0.15) is 33.6 Å². The molecule has 1 saturated heterocycles. The second-order valence-corrected chi connectivity index (χ2v) is 4.07. The fourth-order valence-electron chi connectivity index (χ4n) is 1.93.